The summed E-state index contributed by atoms with van der Waals surface area (Å²) >= 11 is 0. The molecular formula is C21H24N2O5. The molecule has 1 heterocycles. The highest BCUT2D eigenvalue weighted by molar-refractivity contribution is 5.99. The van der Waals surface area contributed by atoms with Gasteiger partial charge in [-0.25, -0.2) is 0 Å². The number of aryl methyl sites for hydroxylation is 1. The number of amides is 2. The average molecular weight is 384 g/mol. The highest BCUT2D eigenvalue weighted by Crippen LogP contribution is 2.39. The number of methoxy groups -OCH3 is 3. The summed E-state index contributed by atoms with van der Waals surface area (Å²) in [5, 5.41) is 2.84. The molecule has 0 bridgehead atoms. The Bertz CT molecular complexity index is 854. The fourth-order valence-electron chi connectivity index (χ4n) is 3.34. The molecule has 7 heteroatoms. The van der Waals surface area contributed by atoms with Crippen LogP contribution in [0, 0.1) is 6.92 Å². The van der Waals surface area contributed by atoms with Gasteiger partial charge in [0.2, 0.25) is 11.7 Å². The minimum absolute atomic E-state index is 0.198. The molecule has 148 valence electrons. The zero-order valence-corrected chi connectivity index (χ0v) is 16.4. The van der Waals surface area contributed by atoms with Crippen LogP contribution < -0.4 is 19.5 Å². The van der Waals surface area contributed by atoms with Crippen molar-refractivity contribution < 1.29 is 23.8 Å². The average Bonchev–Trinajstić information content (AvgIpc) is 2.72. The first-order valence-corrected chi connectivity index (χ1v) is 8.95. The van der Waals surface area contributed by atoms with Crippen LogP contribution in [0.25, 0.3) is 0 Å². The predicted molar refractivity (Wildman–Crippen MR) is 104 cm³/mol. The number of benzene rings is 2. The number of carbonyl (C=O) groups is 2. The van der Waals surface area contributed by atoms with Crippen LogP contribution in [0.5, 0.6) is 17.2 Å². The van der Waals surface area contributed by atoms with Gasteiger partial charge in [-0.3, -0.25) is 9.59 Å². The van der Waals surface area contributed by atoms with Gasteiger partial charge in [-0.05, 0) is 24.6 Å². The predicted octanol–water partition coefficient (Wildman–Crippen LogP) is 2.33. The van der Waals surface area contributed by atoms with Crippen LogP contribution in [0.1, 0.15) is 27.5 Å². The third-order valence-electron chi connectivity index (χ3n) is 4.78. The second kappa shape index (κ2) is 8.21. The van der Waals surface area contributed by atoms with E-state index in [2.05, 4.69) is 5.32 Å². The van der Waals surface area contributed by atoms with Crippen molar-refractivity contribution in [3.63, 3.8) is 0 Å². The van der Waals surface area contributed by atoms with Crippen LogP contribution in [-0.4, -0.2) is 51.1 Å². The third-order valence-corrected chi connectivity index (χ3v) is 4.78. The van der Waals surface area contributed by atoms with Crippen molar-refractivity contribution in [2.75, 3.05) is 34.4 Å². The van der Waals surface area contributed by atoms with Crippen molar-refractivity contribution in [2.24, 2.45) is 0 Å². The topological polar surface area (TPSA) is 77.1 Å². The molecule has 1 aliphatic rings. The van der Waals surface area contributed by atoms with E-state index in [0.717, 1.165) is 11.1 Å². The molecular weight excluding hydrogens is 360 g/mol. The van der Waals surface area contributed by atoms with E-state index < -0.39 is 6.04 Å². The SMILES string of the molecule is COc1cc(C(=O)N2CCNC(=O)C2c2ccc(C)cc2)cc(OC)c1OC. The minimum atomic E-state index is -0.694. The highest BCUT2D eigenvalue weighted by atomic mass is 16.5. The van der Waals surface area contributed by atoms with E-state index in [4.69, 9.17) is 14.2 Å². The smallest absolute Gasteiger partial charge is 0.255 e. The third kappa shape index (κ3) is 3.60. The number of piperazine rings is 1. The molecule has 7 nitrogen and oxygen atoms in total. The standard InChI is InChI=1S/C21H24N2O5/c1-13-5-7-14(8-6-13)18-20(24)22-9-10-23(18)21(25)15-11-16(26-2)19(28-4)17(12-15)27-3/h5-8,11-12,18H,9-10H2,1-4H3,(H,22,24). The van der Waals surface area contributed by atoms with Crippen molar-refractivity contribution >= 4 is 11.8 Å². The van der Waals surface area contributed by atoms with Gasteiger partial charge in [0.15, 0.2) is 11.5 Å². The van der Waals surface area contributed by atoms with Crippen molar-refractivity contribution in [1.29, 1.82) is 0 Å². The number of hydrogen-bond donors (Lipinski definition) is 1. The lowest BCUT2D eigenvalue weighted by atomic mass is 10.00. The number of carbonyl (C=O) groups excluding carboxylic acids is 2. The number of hydrogen-bond acceptors (Lipinski definition) is 5. The van der Waals surface area contributed by atoms with Gasteiger partial charge in [-0.1, -0.05) is 29.8 Å². The van der Waals surface area contributed by atoms with Gasteiger partial charge in [0.05, 0.1) is 21.3 Å². The van der Waals surface area contributed by atoms with Gasteiger partial charge in [0, 0.05) is 18.7 Å². The molecule has 2 aromatic rings. The maximum atomic E-state index is 13.3. The molecule has 0 aromatic heterocycles. The summed E-state index contributed by atoms with van der Waals surface area (Å²) in [6.07, 6.45) is 0. The van der Waals surface area contributed by atoms with Crippen molar-refractivity contribution in [3.8, 4) is 17.2 Å². The van der Waals surface area contributed by atoms with Crippen LogP contribution in [0.2, 0.25) is 0 Å². The Kier molecular flexibility index (Phi) is 5.73. The highest BCUT2D eigenvalue weighted by Gasteiger charge is 2.35. The Morgan fingerprint density at radius 1 is 1.04 bits per heavy atom. The van der Waals surface area contributed by atoms with Crippen molar-refractivity contribution in [3.05, 3.63) is 53.1 Å². The van der Waals surface area contributed by atoms with Gasteiger partial charge in [-0.15, -0.1) is 0 Å². The molecule has 1 unspecified atom stereocenters. The van der Waals surface area contributed by atoms with Gasteiger partial charge in [0.25, 0.3) is 5.91 Å². The van der Waals surface area contributed by atoms with Gasteiger partial charge >= 0.3 is 0 Å². The molecule has 0 radical (unpaired) electrons. The fourth-order valence-corrected chi connectivity index (χ4v) is 3.34. The second-order valence-electron chi connectivity index (χ2n) is 6.52. The Hall–Kier alpha value is -3.22. The fraction of sp³-hybridized carbons (Fsp3) is 0.333. The lowest BCUT2D eigenvalue weighted by Crippen LogP contribution is -2.52. The molecule has 0 aliphatic carbocycles. The molecule has 28 heavy (non-hydrogen) atoms. The zero-order valence-electron chi connectivity index (χ0n) is 16.4. The van der Waals surface area contributed by atoms with Crippen LogP contribution >= 0.6 is 0 Å². The summed E-state index contributed by atoms with van der Waals surface area (Å²) in [5.41, 5.74) is 2.22. The molecule has 1 atom stereocenters. The van der Waals surface area contributed by atoms with Gasteiger partial charge < -0.3 is 24.4 Å². The quantitative estimate of drug-likeness (QED) is 0.856. The molecule has 1 N–H and O–H groups in total. The molecule has 1 aliphatic heterocycles. The lowest BCUT2D eigenvalue weighted by Gasteiger charge is -2.35. The van der Waals surface area contributed by atoms with E-state index in [0.29, 0.717) is 35.9 Å². The first-order chi connectivity index (χ1) is 13.5. The lowest BCUT2D eigenvalue weighted by molar-refractivity contribution is -0.128. The van der Waals surface area contributed by atoms with Crippen LogP contribution in [0.3, 0.4) is 0 Å². The molecule has 1 fully saturated rings. The van der Waals surface area contributed by atoms with Crippen LogP contribution in [0.15, 0.2) is 36.4 Å². The maximum absolute atomic E-state index is 13.3. The maximum Gasteiger partial charge on any atom is 0.255 e. The molecule has 2 amide bonds. The largest absolute Gasteiger partial charge is 0.493 e. The number of rotatable bonds is 5. The Balaban J connectivity index is 2.01. The first-order valence-electron chi connectivity index (χ1n) is 8.95. The summed E-state index contributed by atoms with van der Waals surface area (Å²) in [7, 11) is 4.49. The summed E-state index contributed by atoms with van der Waals surface area (Å²) in [5.74, 6) is 0.709. The van der Waals surface area contributed by atoms with E-state index in [1.54, 1.807) is 17.0 Å². The normalized spacial score (nSPS) is 16.4. The van der Waals surface area contributed by atoms with Crippen LogP contribution in [0.4, 0.5) is 0 Å². The van der Waals surface area contributed by atoms with Gasteiger partial charge in [-0.2, -0.15) is 0 Å². The summed E-state index contributed by atoms with van der Waals surface area (Å²) < 4.78 is 16.0. The molecule has 0 saturated carbocycles. The van der Waals surface area contributed by atoms with E-state index in [1.165, 1.54) is 21.3 Å². The molecule has 2 aromatic carbocycles. The Morgan fingerprint density at radius 3 is 2.18 bits per heavy atom. The van der Waals surface area contributed by atoms with E-state index in [-0.39, 0.29) is 11.8 Å². The van der Waals surface area contributed by atoms with E-state index in [9.17, 15) is 9.59 Å². The second-order valence-corrected chi connectivity index (χ2v) is 6.52. The molecule has 1 saturated heterocycles. The van der Waals surface area contributed by atoms with E-state index >= 15 is 0 Å². The zero-order chi connectivity index (χ0) is 20.3. The summed E-state index contributed by atoms with van der Waals surface area (Å²) in [4.78, 5) is 27.5. The Morgan fingerprint density at radius 2 is 1.64 bits per heavy atom. The summed E-state index contributed by atoms with van der Waals surface area (Å²) in [6, 6.07) is 10.1. The molecule has 3 rings (SSSR count). The Labute approximate surface area is 164 Å². The van der Waals surface area contributed by atoms with E-state index in [1.807, 2.05) is 31.2 Å². The number of nitrogens with zero attached hydrogens (tertiary/aromatic N) is 1. The van der Waals surface area contributed by atoms with Crippen molar-refractivity contribution in [2.45, 2.75) is 13.0 Å². The first kappa shape index (κ1) is 19.5. The summed E-state index contributed by atoms with van der Waals surface area (Å²) in [6.45, 7) is 2.78. The van der Waals surface area contributed by atoms with Gasteiger partial charge in [0.1, 0.15) is 6.04 Å². The van der Waals surface area contributed by atoms with Crippen molar-refractivity contribution in [1.82, 2.24) is 10.2 Å². The monoisotopic (exact) mass is 384 g/mol. The number of nitrogens with one attached hydrogen (secondary N) is 1. The number of ether oxygens (including phenoxy) is 3. The molecule has 0 spiro atoms. The van der Waals surface area contributed by atoms with Crippen LogP contribution in [-0.2, 0) is 4.79 Å². The minimum Gasteiger partial charge on any atom is -0.493 e.